The molecule has 0 saturated heterocycles. The molecule has 1 N–H and O–H groups in total. The molecular formula is C28H21N3O3. The fourth-order valence-corrected chi connectivity index (χ4v) is 3.65. The van der Waals surface area contributed by atoms with E-state index in [1.54, 1.807) is 55.6 Å². The van der Waals surface area contributed by atoms with Crippen LogP contribution in [0.4, 0.5) is 5.69 Å². The Morgan fingerprint density at radius 1 is 0.735 bits per heavy atom. The van der Waals surface area contributed by atoms with Gasteiger partial charge in [-0.15, -0.1) is 10.2 Å². The van der Waals surface area contributed by atoms with Crippen molar-refractivity contribution in [1.82, 2.24) is 10.2 Å². The number of hydrogen-bond donors (Lipinski definition) is 1. The van der Waals surface area contributed by atoms with Gasteiger partial charge in [-0.3, -0.25) is 4.79 Å². The number of aromatic nitrogens is 2. The number of nitrogens with one attached hydrogen (secondary N) is 1. The second kappa shape index (κ2) is 9.42. The van der Waals surface area contributed by atoms with E-state index >= 15 is 0 Å². The number of hydrogen-bond acceptors (Lipinski definition) is 5. The van der Waals surface area contributed by atoms with Crippen LogP contribution in [0.3, 0.4) is 0 Å². The Balaban J connectivity index is 1.36. The average Bonchev–Trinajstić information content (AvgIpc) is 2.90. The Morgan fingerprint density at radius 2 is 1.47 bits per heavy atom. The van der Waals surface area contributed by atoms with E-state index in [0.29, 0.717) is 28.6 Å². The summed E-state index contributed by atoms with van der Waals surface area (Å²) in [6.45, 7) is 0. The predicted octanol–water partition coefficient (Wildman–Crippen LogP) is 6.35. The van der Waals surface area contributed by atoms with Crippen molar-refractivity contribution in [1.29, 1.82) is 0 Å². The van der Waals surface area contributed by atoms with Gasteiger partial charge in [0.1, 0.15) is 17.2 Å². The number of amides is 1. The van der Waals surface area contributed by atoms with Crippen LogP contribution in [0.25, 0.3) is 22.0 Å². The minimum Gasteiger partial charge on any atom is -0.497 e. The van der Waals surface area contributed by atoms with Crippen LogP contribution in [0.1, 0.15) is 10.4 Å². The van der Waals surface area contributed by atoms with E-state index in [0.717, 1.165) is 22.0 Å². The fraction of sp³-hybridized carbons (Fsp3) is 0.0357. The van der Waals surface area contributed by atoms with Crippen LogP contribution in [-0.2, 0) is 0 Å². The molecule has 0 atom stereocenters. The summed E-state index contributed by atoms with van der Waals surface area (Å²) in [7, 11) is 1.57. The van der Waals surface area contributed by atoms with Gasteiger partial charge in [0, 0.05) is 27.6 Å². The minimum atomic E-state index is -0.221. The molecule has 1 amide bonds. The Morgan fingerprint density at radius 3 is 2.24 bits per heavy atom. The Kier molecular flexibility index (Phi) is 5.86. The number of rotatable bonds is 6. The van der Waals surface area contributed by atoms with Crippen LogP contribution >= 0.6 is 0 Å². The maximum atomic E-state index is 12.5. The Bertz CT molecular complexity index is 1450. The fourth-order valence-electron chi connectivity index (χ4n) is 3.65. The van der Waals surface area contributed by atoms with Crippen molar-refractivity contribution in [3.05, 3.63) is 109 Å². The molecule has 6 heteroatoms. The molecular weight excluding hydrogens is 426 g/mol. The molecule has 166 valence electrons. The van der Waals surface area contributed by atoms with Gasteiger partial charge in [0.25, 0.3) is 5.91 Å². The molecule has 4 aromatic carbocycles. The van der Waals surface area contributed by atoms with Crippen molar-refractivity contribution < 1.29 is 14.3 Å². The first-order chi connectivity index (χ1) is 16.7. The molecule has 0 bridgehead atoms. The summed E-state index contributed by atoms with van der Waals surface area (Å²) in [4.78, 5) is 12.5. The maximum Gasteiger partial charge on any atom is 0.255 e. The lowest BCUT2D eigenvalue weighted by Crippen LogP contribution is -2.11. The van der Waals surface area contributed by atoms with E-state index in [1.165, 1.54) is 0 Å². The van der Waals surface area contributed by atoms with Gasteiger partial charge in [0.15, 0.2) is 0 Å². The van der Waals surface area contributed by atoms with Crippen LogP contribution in [0, 0.1) is 0 Å². The molecule has 0 unspecified atom stereocenters. The third-order valence-corrected chi connectivity index (χ3v) is 5.36. The minimum absolute atomic E-state index is 0.221. The van der Waals surface area contributed by atoms with Crippen molar-refractivity contribution in [3.8, 4) is 28.6 Å². The van der Waals surface area contributed by atoms with Crippen LogP contribution in [0.2, 0.25) is 0 Å². The number of anilines is 1. The van der Waals surface area contributed by atoms with Crippen LogP contribution < -0.4 is 14.8 Å². The lowest BCUT2D eigenvalue weighted by Gasteiger charge is -2.11. The molecule has 0 aliphatic carbocycles. The summed E-state index contributed by atoms with van der Waals surface area (Å²) in [6.07, 6.45) is 0. The highest BCUT2D eigenvalue weighted by Gasteiger charge is 2.13. The first-order valence-corrected chi connectivity index (χ1v) is 10.8. The number of nitrogens with zero attached hydrogens (tertiary/aromatic N) is 2. The van der Waals surface area contributed by atoms with Gasteiger partial charge >= 0.3 is 0 Å². The monoisotopic (exact) mass is 447 g/mol. The molecule has 0 fully saturated rings. The van der Waals surface area contributed by atoms with Crippen LogP contribution in [0.5, 0.6) is 17.4 Å². The zero-order valence-electron chi connectivity index (χ0n) is 18.4. The second-order valence-electron chi connectivity index (χ2n) is 7.58. The van der Waals surface area contributed by atoms with Gasteiger partial charge in [0.2, 0.25) is 5.88 Å². The maximum absolute atomic E-state index is 12.5. The predicted molar refractivity (Wildman–Crippen MR) is 132 cm³/mol. The molecule has 1 heterocycles. The smallest absolute Gasteiger partial charge is 0.255 e. The molecule has 0 aliphatic heterocycles. The van der Waals surface area contributed by atoms with Crippen LogP contribution in [-0.4, -0.2) is 23.2 Å². The first kappa shape index (κ1) is 21.2. The van der Waals surface area contributed by atoms with Crippen molar-refractivity contribution in [2.24, 2.45) is 0 Å². The Hall–Kier alpha value is -4.71. The van der Waals surface area contributed by atoms with E-state index in [2.05, 4.69) is 15.5 Å². The highest BCUT2D eigenvalue weighted by Crippen LogP contribution is 2.33. The third kappa shape index (κ3) is 4.42. The van der Waals surface area contributed by atoms with Gasteiger partial charge < -0.3 is 14.8 Å². The van der Waals surface area contributed by atoms with Gasteiger partial charge in [-0.05, 0) is 48.5 Å². The van der Waals surface area contributed by atoms with Gasteiger partial charge in [0.05, 0.1) is 7.11 Å². The lowest BCUT2D eigenvalue weighted by atomic mass is 10.1. The van der Waals surface area contributed by atoms with Gasteiger partial charge in [-0.2, -0.15) is 0 Å². The van der Waals surface area contributed by atoms with Gasteiger partial charge in [-0.1, -0.05) is 54.6 Å². The van der Waals surface area contributed by atoms with Crippen molar-refractivity contribution in [3.63, 3.8) is 0 Å². The zero-order chi connectivity index (χ0) is 23.3. The SMILES string of the molecule is COc1cccc(C(=O)Nc2ccc(Oc3nnc(-c4ccccc4)c4ccccc34)cc2)c1. The summed E-state index contributed by atoms with van der Waals surface area (Å²) in [6, 6.07) is 32.0. The number of benzene rings is 4. The van der Waals surface area contributed by atoms with E-state index in [4.69, 9.17) is 9.47 Å². The molecule has 5 aromatic rings. The number of ether oxygens (including phenoxy) is 2. The summed E-state index contributed by atoms with van der Waals surface area (Å²) in [5.41, 5.74) is 2.96. The third-order valence-electron chi connectivity index (χ3n) is 5.36. The van der Waals surface area contributed by atoms with Crippen molar-refractivity contribution in [2.75, 3.05) is 12.4 Å². The highest BCUT2D eigenvalue weighted by molar-refractivity contribution is 6.04. The van der Waals surface area contributed by atoms with Crippen molar-refractivity contribution in [2.45, 2.75) is 0 Å². The summed E-state index contributed by atoms with van der Waals surface area (Å²) in [5.74, 6) is 1.42. The van der Waals surface area contributed by atoms with E-state index in [-0.39, 0.29) is 5.91 Å². The number of carbonyl (C=O) groups excluding carboxylic acids is 1. The number of carbonyl (C=O) groups is 1. The number of fused-ring (bicyclic) bond motifs is 1. The molecule has 34 heavy (non-hydrogen) atoms. The molecule has 6 nitrogen and oxygen atoms in total. The zero-order valence-corrected chi connectivity index (χ0v) is 18.4. The molecule has 0 radical (unpaired) electrons. The highest BCUT2D eigenvalue weighted by atomic mass is 16.5. The summed E-state index contributed by atoms with van der Waals surface area (Å²) < 4.78 is 11.2. The average molecular weight is 447 g/mol. The molecule has 0 aliphatic rings. The molecule has 1 aromatic heterocycles. The molecule has 0 saturated carbocycles. The Labute approximate surface area is 196 Å². The van der Waals surface area contributed by atoms with Gasteiger partial charge in [-0.25, -0.2) is 0 Å². The van der Waals surface area contributed by atoms with E-state index in [1.807, 2.05) is 54.6 Å². The molecule has 5 rings (SSSR count). The van der Waals surface area contributed by atoms with E-state index in [9.17, 15) is 4.79 Å². The lowest BCUT2D eigenvalue weighted by molar-refractivity contribution is 0.102. The quantitative estimate of drug-likeness (QED) is 0.328. The first-order valence-electron chi connectivity index (χ1n) is 10.8. The van der Waals surface area contributed by atoms with E-state index < -0.39 is 0 Å². The molecule has 0 spiro atoms. The second-order valence-corrected chi connectivity index (χ2v) is 7.58. The summed E-state index contributed by atoms with van der Waals surface area (Å²) >= 11 is 0. The standard InChI is InChI=1S/C28H21N3O3/c1-33-23-11-7-10-20(18-23)27(32)29-21-14-16-22(17-15-21)34-28-25-13-6-5-12-24(25)26(30-31-28)19-8-3-2-4-9-19/h2-18H,1H3,(H,29,32). The van der Waals surface area contributed by atoms with Crippen molar-refractivity contribution >= 4 is 22.4 Å². The normalized spacial score (nSPS) is 10.6. The topological polar surface area (TPSA) is 73.3 Å². The summed E-state index contributed by atoms with van der Waals surface area (Å²) in [5, 5.41) is 13.5. The largest absolute Gasteiger partial charge is 0.497 e. The number of methoxy groups -OCH3 is 1. The van der Waals surface area contributed by atoms with Crippen LogP contribution in [0.15, 0.2) is 103 Å².